The highest BCUT2D eigenvalue weighted by Crippen LogP contribution is 2.45. The normalized spacial score (nSPS) is 19.8. The van der Waals surface area contributed by atoms with E-state index in [9.17, 15) is 21.6 Å². The molecule has 0 bridgehead atoms. The number of nitrogens with zero attached hydrogens (tertiary/aromatic N) is 5. The van der Waals surface area contributed by atoms with Gasteiger partial charge in [0.1, 0.15) is 5.54 Å². The number of hydrogen-bond acceptors (Lipinski definition) is 6. The van der Waals surface area contributed by atoms with E-state index in [2.05, 4.69) is 20.9 Å². The fourth-order valence-corrected chi connectivity index (χ4v) is 9.47. The molecule has 3 heterocycles. The largest absolute Gasteiger partial charge is 0.284 e. The number of anilines is 2. The second-order valence-corrected chi connectivity index (χ2v) is 16.3. The summed E-state index contributed by atoms with van der Waals surface area (Å²) in [5.41, 5.74) is -0.240. The van der Waals surface area contributed by atoms with Crippen LogP contribution in [0.3, 0.4) is 0 Å². The van der Waals surface area contributed by atoms with Gasteiger partial charge in [-0.15, -0.1) is 0 Å². The van der Waals surface area contributed by atoms with Gasteiger partial charge in [-0.3, -0.25) is 9.36 Å². The fraction of sp³-hybridized carbons (Fsp3) is 0.241. The van der Waals surface area contributed by atoms with Gasteiger partial charge in [-0.25, -0.2) is 26.7 Å². The van der Waals surface area contributed by atoms with Gasteiger partial charge in [0.25, 0.3) is 15.9 Å². The minimum atomic E-state index is -4.22. The van der Waals surface area contributed by atoms with E-state index in [0.29, 0.717) is 15.7 Å². The quantitative estimate of drug-likeness (QED) is 0.255. The number of hydrogen-bond donors (Lipinski definition) is 0. The molecule has 44 heavy (non-hydrogen) atoms. The molecule has 1 saturated heterocycles. The average molecular weight is 740 g/mol. The van der Waals surface area contributed by atoms with E-state index in [-0.39, 0.29) is 48.5 Å². The molecule has 1 atom stereocenters. The lowest BCUT2D eigenvalue weighted by Gasteiger charge is -2.34. The molecule has 6 rings (SSSR count). The highest BCUT2D eigenvalue weighted by molar-refractivity contribution is 9.10. The molecule has 2 aliphatic rings. The number of piperazine rings is 1. The summed E-state index contributed by atoms with van der Waals surface area (Å²) in [5.74, 6) is -0.297. The molecule has 0 spiro atoms. The van der Waals surface area contributed by atoms with Crippen LogP contribution < -0.4 is 4.90 Å². The Morgan fingerprint density at radius 2 is 1.41 bits per heavy atom. The number of rotatable bonds is 7. The minimum absolute atomic E-state index is 0.0281. The molecule has 1 amide bonds. The van der Waals surface area contributed by atoms with Gasteiger partial charge in [0.15, 0.2) is 5.03 Å². The van der Waals surface area contributed by atoms with Crippen LogP contribution in [0.4, 0.5) is 11.6 Å². The topological polar surface area (TPSA) is 113 Å². The van der Waals surface area contributed by atoms with E-state index in [1.165, 1.54) is 42.5 Å². The van der Waals surface area contributed by atoms with Crippen LogP contribution in [0.25, 0.3) is 0 Å². The highest BCUT2D eigenvalue weighted by Gasteiger charge is 2.52. The Kier molecular flexibility index (Phi) is 8.19. The van der Waals surface area contributed by atoms with Crippen LogP contribution in [0, 0.1) is 0 Å². The van der Waals surface area contributed by atoms with Crippen molar-refractivity contribution in [3.05, 3.63) is 99.1 Å². The summed E-state index contributed by atoms with van der Waals surface area (Å²) >= 11 is 16.0. The summed E-state index contributed by atoms with van der Waals surface area (Å²) in [6, 6.07) is 20.1. The number of carbonyl (C=O) groups excluding carboxylic acids is 1. The van der Waals surface area contributed by atoms with Gasteiger partial charge in [-0.05, 0) is 55.0 Å². The maximum absolute atomic E-state index is 14.3. The Morgan fingerprint density at radius 1 is 0.841 bits per heavy atom. The van der Waals surface area contributed by atoms with Crippen molar-refractivity contribution in [2.45, 2.75) is 28.8 Å². The molecular formula is C29H26BrCl2N5O5S2. The first kappa shape index (κ1) is 31.2. The third kappa shape index (κ3) is 5.38. The summed E-state index contributed by atoms with van der Waals surface area (Å²) in [4.78, 5) is 20.2. The molecule has 0 N–H and O–H groups in total. The van der Waals surface area contributed by atoms with E-state index < -0.39 is 31.5 Å². The zero-order chi connectivity index (χ0) is 31.4. The van der Waals surface area contributed by atoms with Crippen LogP contribution in [0.2, 0.25) is 10.0 Å². The lowest BCUT2D eigenvalue weighted by Crippen LogP contribution is -2.51. The van der Waals surface area contributed by atoms with Crippen molar-refractivity contribution < 1.29 is 21.6 Å². The Bertz CT molecular complexity index is 1950. The van der Waals surface area contributed by atoms with Crippen LogP contribution in [-0.4, -0.2) is 67.1 Å². The standard InChI is InChI=1S/C29H26BrCl2N5O5S2/c1-29(18-20-7-9-21(30)10-8-20)27(38)36(24-16-22(31)15-23(32)17-24)28-33-19-26(37(28)29)44(41,42)35-13-11-34(12-14-35)43(39,40)25-5-3-2-4-6-25/h2-10,15-17,19H,11-14,18H2,1H3. The SMILES string of the molecule is CC1(Cc2ccc(Br)cc2)C(=O)N(c2cc(Cl)cc(Cl)c2)c2ncc(S(=O)(=O)N3CCN(S(=O)(=O)c4ccccc4)CC3)n21. The molecule has 4 aromatic rings. The van der Waals surface area contributed by atoms with Crippen LogP contribution in [-0.2, 0) is 36.8 Å². The van der Waals surface area contributed by atoms with Crippen LogP contribution in [0.5, 0.6) is 0 Å². The van der Waals surface area contributed by atoms with Gasteiger partial charge in [0.2, 0.25) is 16.0 Å². The zero-order valence-electron chi connectivity index (χ0n) is 23.3. The van der Waals surface area contributed by atoms with Crippen molar-refractivity contribution >= 4 is 76.7 Å². The first-order chi connectivity index (χ1) is 20.8. The number of imidazole rings is 1. The third-order valence-electron chi connectivity index (χ3n) is 7.82. The average Bonchev–Trinajstić information content (AvgIpc) is 3.52. The number of amides is 1. The number of fused-ring (bicyclic) bond motifs is 1. The third-order valence-corrected chi connectivity index (χ3v) is 12.6. The molecule has 1 unspecified atom stereocenters. The Hall–Kier alpha value is -2.78. The van der Waals surface area contributed by atoms with Crippen LogP contribution >= 0.6 is 39.1 Å². The first-order valence-corrected chi connectivity index (χ1v) is 17.9. The molecule has 0 aliphatic carbocycles. The van der Waals surface area contributed by atoms with Gasteiger partial charge in [-0.1, -0.05) is 69.5 Å². The minimum Gasteiger partial charge on any atom is -0.284 e. The summed E-state index contributed by atoms with van der Waals surface area (Å²) in [6.07, 6.45) is 1.40. The van der Waals surface area contributed by atoms with E-state index in [4.69, 9.17) is 23.2 Å². The van der Waals surface area contributed by atoms with E-state index in [1.54, 1.807) is 37.3 Å². The van der Waals surface area contributed by atoms with Crippen molar-refractivity contribution in [2.75, 3.05) is 31.1 Å². The molecular weight excluding hydrogens is 713 g/mol. The second-order valence-electron chi connectivity index (χ2n) is 10.7. The van der Waals surface area contributed by atoms with E-state index >= 15 is 0 Å². The Labute approximate surface area is 274 Å². The van der Waals surface area contributed by atoms with Gasteiger partial charge in [0, 0.05) is 47.1 Å². The lowest BCUT2D eigenvalue weighted by molar-refractivity contribution is -0.124. The molecule has 1 aromatic heterocycles. The second kappa shape index (κ2) is 11.5. The smallest absolute Gasteiger partial charge is 0.260 e. The highest BCUT2D eigenvalue weighted by atomic mass is 79.9. The van der Waals surface area contributed by atoms with Crippen molar-refractivity contribution in [3.63, 3.8) is 0 Å². The number of sulfonamides is 2. The molecule has 0 saturated carbocycles. The monoisotopic (exact) mass is 737 g/mol. The van der Waals surface area contributed by atoms with Crippen LogP contribution in [0.1, 0.15) is 12.5 Å². The Morgan fingerprint density at radius 3 is 2.00 bits per heavy atom. The number of carbonyl (C=O) groups is 1. The predicted molar refractivity (Wildman–Crippen MR) is 171 cm³/mol. The zero-order valence-corrected chi connectivity index (χ0v) is 28.0. The molecule has 3 aromatic carbocycles. The van der Waals surface area contributed by atoms with Crippen molar-refractivity contribution in [1.29, 1.82) is 0 Å². The first-order valence-electron chi connectivity index (χ1n) is 13.5. The molecule has 230 valence electrons. The van der Waals surface area contributed by atoms with E-state index in [1.807, 2.05) is 24.3 Å². The summed E-state index contributed by atoms with van der Waals surface area (Å²) in [7, 11) is -8.00. The maximum atomic E-state index is 14.3. The molecule has 1 fully saturated rings. The maximum Gasteiger partial charge on any atom is 0.260 e. The van der Waals surface area contributed by atoms with Gasteiger partial charge in [0.05, 0.1) is 16.8 Å². The molecule has 10 nitrogen and oxygen atoms in total. The van der Waals surface area contributed by atoms with Gasteiger partial charge < -0.3 is 0 Å². The van der Waals surface area contributed by atoms with Crippen molar-refractivity contribution in [1.82, 2.24) is 18.2 Å². The fourth-order valence-electron chi connectivity index (χ4n) is 5.64. The van der Waals surface area contributed by atoms with Gasteiger partial charge >= 0.3 is 0 Å². The van der Waals surface area contributed by atoms with Crippen molar-refractivity contribution in [3.8, 4) is 0 Å². The molecule has 0 radical (unpaired) electrons. The van der Waals surface area contributed by atoms with E-state index in [0.717, 1.165) is 10.0 Å². The lowest BCUT2D eigenvalue weighted by atomic mass is 9.92. The molecule has 15 heteroatoms. The molecule has 2 aliphatic heterocycles. The Balaban J connectivity index is 1.38. The van der Waals surface area contributed by atoms with Gasteiger partial charge in [-0.2, -0.15) is 8.61 Å². The predicted octanol–water partition coefficient (Wildman–Crippen LogP) is 5.28. The van der Waals surface area contributed by atoms with Crippen LogP contribution in [0.15, 0.2) is 93.4 Å². The van der Waals surface area contributed by atoms with Crippen molar-refractivity contribution in [2.24, 2.45) is 0 Å². The summed E-state index contributed by atoms with van der Waals surface area (Å²) in [5, 5.41) is 0.433. The number of aromatic nitrogens is 2. The number of halogens is 3. The number of benzene rings is 3. The summed E-state index contributed by atoms with van der Waals surface area (Å²) < 4.78 is 59.5. The summed E-state index contributed by atoms with van der Waals surface area (Å²) in [6.45, 7) is 1.48.